The number of rotatable bonds is 5. The van der Waals surface area contributed by atoms with Gasteiger partial charge >= 0.3 is 0 Å². The number of halogens is 1. The number of carbonyl (C=O) groups is 1. The van der Waals surface area contributed by atoms with Crippen LogP contribution in [-0.4, -0.2) is 24.2 Å². The first kappa shape index (κ1) is 19.7. The molecule has 0 radical (unpaired) electrons. The van der Waals surface area contributed by atoms with Crippen LogP contribution >= 0.6 is 11.3 Å². The lowest BCUT2D eigenvalue weighted by Crippen LogP contribution is -2.25. The fourth-order valence-corrected chi connectivity index (χ4v) is 3.85. The summed E-state index contributed by atoms with van der Waals surface area (Å²) in [6.45, 7) is 2.01. The summed E-state index contributed by atoms with van der Waals surface area (Å²) in [7, 11) is 1.57. The zero-order valence-electron chi connectivity index (χ0n) is 16.4. The molecule has 0 aliphatic carbocycles. The number of aryl methyl sites for hydroxylation is 1. The van der Waals surface area contributed by atoms with Gasteiger partial charge in [0.1, 0.15) is 11.6 Å². The van der Waals surface area contributed by atoms with Crippen LogP contribution in [0.25, 0.3) is 10.2 Å². The Morgan fingerprint density at radius 1 is 1.10 bits per heavy atom. The smallest absolute Gasteiger partial charge is 0.280 e. The number of carbonyl (C=O) groups excluding carboxylic acids is 1. The number of thiazole rings is 1. The molecule has 0 fully saturated rings. The lowest BCUT2D eigenvalue weighted by molar-refractivity contribution is 0.0988. The van der Waals surface area contributed by atoms with Gasteiger partial charge in [-0.3, -0.25) is 4.79 Å². The first-order chi connectivity index (χ1) is 14.5. The molecular formula is C23H18FN3O2S. The summed E-state index contributed by atoms with van der Waals surface area (Å²) >= 11 is 1.38. The summed E-state index contributed by atoms with van der Waals surface area (Å²) in [5.41, 5.74) is 3.02. The lowest BCUT2D eigenvalue weighted by atomic mass is 10.2. The van der Waals surface area contributed by atoms with Gasteiger partial charge in [0.05, 0.1) is 23.5 Å². The molecule has 0 atom stereocenters. The highest BCUT2D eigenvalue weighted by Crippen LogP contribution is 2.31. The van der Waals surface area contributed by atoms with Gasteiger partial charge < -0.3 is 4.74 Å². The Morgan fingerprint density at radius 2 is 1.83 bits per heavy atom. The number of hydrazone groups is 1. The minimum absolute atomic E-state index is 0.327. The van der Waals surface area contributed by atoms with Gasteiger partial charge in [-0.2, -0.15) is 10.1 Å². The summed E-state index contributed by atoms with van der Waals surface area (Å²) in [4.78, 5) is 17.8. The largest absolute Gasteiger partial charge is 0.497 e. The number of benzene rings is 3. The van der Waals surface area contributed by atoms with Gasteiger partial charge in [0.15, 0.2) is 0 Å². The third-order valence-electron chi connectivity index (χ3n) is 4.44. The van der Waals surface area contributed by atoms with Crippen LogP contribution in [0, 0.1) is 12.7 Å². The van der Waals surface area contributed by atoms with Crippen molar-refractivity contribution in [1.29, 1.82) is 0 Å². The molecule has 0 saturated heterocycles. The molecule has 0 bridgehead atoms. The van der Waals surface area contributed by atoms with E-state index in [1.165, 1.54) is 34.7 Å². The minimum Gasteiger partial charge on any atom is -0.497 e. The summed E-state index contributed by atoms with van der Waals surface area (Å²) in [5, 5.41) is 6.11. The van der Waals surface area contributed by atoms with Crippen molar-refractivity contribution in [3.05, 3.63) is 89.2 Å². The number of methoxy groups -OCH3 is 1. The van der Waals surface area contributed by atoms with Crippen molar-refractivity contribution in [2.24, 2.45) is 5.10 Å². The Hall–Kier alpha value is -3.58. The van der Waals surface area contributed by atoms with E-state index in [0.29, 0.717) is 22.0 Å². The average molecular weight is 419 g/mol. The molecule has 1 heterocycles. The van der Waals surface area contributed by atoms with E-state index in [1.54, 1.807) is 43.5 Å². The van der Waals surface area contributed by atoms with Gasteiger partial charge in [-0.1, -0.05) is 29.5 Å². The maximum Gasteiger partial charge on any atom is 0.280 e. The molecule has 0 N–H and O–H groups in total. The molecule has 4 aromatic rings. The zero-order chi connectivity index (χ0) is 21.1. The molecule has 0 aliphatic rings. The fraction of sp³-hybridized carbons (Fsp3) is 0.0870. The van der Waals surface area contributed by atoms with E-state index in [-0.39, 0.29) is 11.7 Å². The van der Waals surface area contributed by atoms with Crippen molar-refractivity contribution in [2.45, 2.75) is 6.92 Å². The Balaban J connectivity index is 1.74. The van der Waals surface area contributed by atoms with Gasteiger partial charge in [-0.25, -0.2) is 9.37 Å². The molecule has 150 valence electrons. The fourth-order valence-electron chi connectivity index (χ4n) is 2.83. The van der Waals surface area contributed by atoms with Crippen LogP contribution in [0.5, 0.6) is 5.75 Å². The third kappa shape index (κ3) is 4.21. The van der Waals surface area contributed by atoms with Crippen LogP contribution in [0.3, 0.4) is 0 Å². The van der Waals surface area contributed by atoms with E-state index in [2.05, 4.69) is 10.1 Å². The highest BCUT2D eigenvalue weighted by molar-refractivity contribution is 7.22. The van der Waals surface area contributed by atoms with Crippen molar-refractivity contribution in [3.8, 4) is 5.75 Å². The van der Waals surface area contributed by atoms with E-state index < -0.39 is 0 Å². The summed E-state index contributed by atoms with van der Waals surface area (Å²) in [6, 6.07) is 18.6. The van der Waals surface area contributed by atoms with Crippen LogP contribution in [0.4, 0.5) is 9.52 Å². The molecule has 5 nitrogen and oxygen atoms in total. The Kier molecular flexibility index (Phi) is 5.54. The van der Waals surface area contributed by atoms with Crippen molar-refractivity contribution < 1.29 is 13.9 Å². The number of hydrogen-bond acceptors (Lipinski definition) is 5. The van der Waals surface area contributed by atoms with E-state index in [1.807, 2.05) is 25.1 Å². The molecule has 30 heavy (non-hydrogen) atoms. The van der Waals surface area contributed by atoms with Crippen molar-refractivity contribution in [3.63, 3.8) is 0 Å². The first-order valence-corrected chi connectivity index (χ1v) is 10.0. The van der Waals surface area contributed by atoms with Crippen LogP contribution in [-0.2, 0) is 0 Å². The second-order valence-electron chi connectivity index (χ2n) is 6.61. The Morgan fingerprint density at radius 3 is 2.53 bits per heavy atom. The number of nitrogens with zero attached hydrogens (tertiary/aromatic N) is 3. The third-order valence-corrected chi connectivity index (χ3v) is 5.43. The van der Waals surface area contributed by atoms with Crippen LogP contribution in [0.15, 0.2) is 71.8 Å². The van der Waals surface area contributed by atoms with Crippen LogP contribution < -0.4 is 9.75 Å². The highest BCUT2D eigenvalue weighted by atomic mass is 32.1. The van der Waals surface area contributed by atoms with Crippen LogP contribution in [0.2, 0.25) is 0 Å². The van der Waals surface area contributed by atoms with Gasteiger partial charge in [-0.05, 0) is 66.6 Å². The number of anilines is 1. The topological polar surface area (TPSA) is 54.8 Å². The normalized spacial score (nSPS) is 11.2. The average Bonchev–Trinajstić information content (AvgIpc) is 3.18. The first-order valence-electron chi connectivity index (χ1n) is 9.19. The maximum absolute atomic E-state index is 13.2. The lowest BCUT2D eigenvalue weighted by Gasteiger charge is -2.14. The molecule has 1 amide bonds. The number of hydrogen-bond donors (Lipinski definition) is 0. The van der Waals surface area contributed by atoms with Gasteiger partial charge in [-0.15, -0.1) is 0 Å². The van der Waals surface area contributed by atoms with E-state index in [4.69, 9.17) is 4.74 Å². The quantitative estimate of drug-likeness (QED) is 0.320. The maximum atomic E-state index is 13.2. The number of amides is 1. The molecule has 0 unspecified atom stereocenters. The van der Waals surface area contributed by atoms with Gasteiger partial charge in [0, 0.05) is 5.56 Å². The molecule has 1 aromatic heterocycles. The monoisotopic (exact) mass is 419 g/mol. The van der Waals surface area contributed by atoms with Crippen molar-refractivity contribution in [2.75, 3.05) is 12.1 Å². The van der Waals surface area contributed by atoms with Crippen molar-refractivity contribution >= 4 is 38.8 Å². The number of aromatic nitrogens is 1. The second kappa shape index (κ2) is 8.42. The second-order valence-corrected chi connectivity index (χ2v) is 7.62. The molecule has 4 rings (SSSR count). The molecular weight excluding hydrogens is 401 g/mol. The molecule has 0 spiro atoms. The van der Waals surface area contributed by atoms with E-state index in [0.717, 1.165) is 15.8 Å². The SMILES string of the molecule is COc1ccc(C(=O)N(/N=C/c2ccc(F)cc2)c2nc3ccc(C)cc3s2)cc1. The summed E-state index contributed by atoms with van der Waals surface area (Å²) < 4.78 is 19.3. The molecule has 7 heteroatoms. The predicted octanol–water partition coefficient (Wildman–Crippen LogP) is 5.43. The van der Waals surface area contributed by atoms with E-state index >= 15 is 0 Å². The molecule has 0 aliphatic heterocycles. The van der Waals surface area contributed by atoms with E-state index in [9.17, 15) is 9.18 Å². The van der Waals surface area contributed by atoms with Gasteiger partial charge in [0.2, 0.25) is 5.13 Å². The Bertz CT molecular complexity index is 1220. The Labute approximate surface area is 177 Å². The molecule has 3 aromatic carbocycles. The zero-order valence-corrected chi connectivity index (χ0v) is 17.2. The summed E-state index contributed by atoms with van der Waals surface area (Å²) in [5.74, 6) is -0.00460. The number of fused-ring (bicyclic) bond motifs is 1. The minimum atomic E-state index is -0.333. The summed E-state index contributed by atoms with van der Waals surface area (Å²) in [6.07, 6.45) is 1.51. The van der Waals surface area contributed by atoms with Gasteiger partial charge in [0.25, 0.3) is 5.91 Å². The van der Waals surface area contributed by atoms with Crippen molar-refractivity contribution in [1.82, 2.24) is 4.98 Å². The molecule has 0 saturated carbocycles. The number of ether oxygens (including phenoxy) is 1. The predicted molar refractivity (Wildman–Crippen MR) is 118 cm³/mol. The highest BCUT2D eigenvalue weighted by Gasteiger charge is 2.21. The van der Waals surface area contributed by atoms with Crippen LogP contribution in [0.1, 0.15) is 21.5 Å². The standard InChI is InChI=1S/C23H18FN3O2S/c1-15-3-12-20-21(13-15)30-23(26-20)27(25-14-16-4-8-18(24)9-5-16)22(28)17-6-10-19(29-2)11-7-17/h3-14H,1-2H3/b25-14+.